The molecule has 5 atom stereocenters. The van der Waals surface area contributed by atoms with Crippen molar-refractivity contribution in [2.45, 2.75) is 70.6 Å². The average Bonchev–Trinajstić information content (AvgIpc) is 2.70. The van der Waals surface area contributed by atoms with Gasteiger partial charge in [0.2, 0.25) is 0 Å². The number of ether oxygens (including phenoxy) is 2. The number of rotatable bonds is 5. The van der Waals surface area contributed by atoms with Gasteiger partial charge >= 0.3 is 0 Å². The van der Waals surface area contributed by atoms with Gasteiger partial charge < -0.3 is 14.6 Å². The molecule has 1 aliphatic heterocycles. The Morgan fingerprint density at radius 2 is 2.08 bits per heavy atom. The van der Waals surface area contributed by atoms with Crippen molar-refractivity contribution in [3.8, 4) is 0 Å². The van der Waals surface area contributed by atoms with Gasteiger partial charge in [-0.25, -0.2) is 0 Å². The van der Waals surface area contributed by atoms with E-state index in [0.29, 0.717) is 17.6 Å². The molecule has 3 rings (SSSR count). The SMILES string of the molecule is CC(C)(C)OC(O)CSCC1OC2CCC=CC2=CC2CC=CCC21. The Bertz CT molecular complexity index is 532. The van der Waals surface area contributed by atoms with Crippen LogP contribution in [0.3, 0.4) is 0 Å². The number of fused-ring (bicyclic) bond motifs is 2. The molecule has 0 bridgehead atoms. The zero-order valence-corrected chi connectivity index (χ0v) is 16.5. The van der Waals surface area contributed by atoms with Crippen LogP contribution in [0.5, 0.6) is 0 Å². The van der Waals surface area contributed by atoms with Crippen LogP contribution < -0.4 is 0 Å². The van der Waals surface area contributed by atoms with Gasteiger partial charge in [-0.2, -0.15) is 11.8 Å². The van der Waals surface area contributed by atoms with E-state index in [4.69, 9.17) is 9.47 Å². The predicted molar refractivity (Wildman–Crippen MR) is 105 cm³/mol. The molecule has 2 aliphatic carbocycles. The monoisotopic (exact) mass is 364 g/mol. The van der Waals surface area contributed by atoms with Crippen LogP contribution in [0, 0.1) is 11.8 Å². The topological polar surface area (TPSA) is 38.7 Å². The molecule has 25 heavy (non-hydrogen) atoms. The first-order valence-electron chi connectivity index (χ1n) is 9.55. The van der Waals surface area contributed by atoms with Crippen LogP contribution in [0.2, 0.25) is 0 Å². The zero-order valence-electron chi connectivity index (χ0n) is 15.7. The van der Waals surface area contributed by atoms with Gasteiger partial charge in [0.25, 0.3) is 0 Å². The van der Waals surface area contributed by atoms with Crippen LogP contribution in [0.25, 0.3) is 0 Å². The molecule has 3 aliphatic rings. The average molecular weight is 365 g/mol. The lowest BCUT2D eigenvalue weighted by Gasteiger charge is -2.33. The Kier molecular flexibility index (Phi) is 6.48. The standard InChI is InChI=1S/C21H32O3S/c1-21(2,3)24-20(22)14-25-13-19-17-10-6-4-8-15(17)12-16-9-5-7-11-18(16)23-19/h4-6,9,12,15,17-20,22H,7-8,10-11,13-14H2,1-3H3. The van der Waals surface area contributed by atoms with E-state index in [2.05, 4.69) is 30.4 Å². The van der Waals surface area contributed by atoms with E-state index in [-0.39, 0.29) is 17.8 Å². The Morgan fingerprint density at radius 1 is 1.28 bits per heavy atom. The number of thioether (sulfide) groups is 1. The number of allylic oxidation sites excluding steroid dienone is 4. The summed E-state index contributed by atoms with van der Waals surface area (Å²) in [6.45, 7) is 5.91. The molecule has 0 saturated heterocycles. The molecular formula is C21H32O3S. The fourth-order valence-corrected chi connectivity index (χ4v) is 4.94. The van der Waals surface area contributed by atoms with Crippen molar-refractivity contribution in [2.75, 3.05) is 11.5 Å². The van der Waals surface area contributed by atoms with Gasteiger partial charge in [0.15, 0.2) is 6.29 Å². The maximum Gasteiger partial charge on any atom is 0.164 e. The minimum absolute atomic E-state index is 0.243. The summed E-state index contributed by atoms with van der Waals surface area (Å²) in [5.74, 6) is 2.63. The highest BCUT2D eigenvalue weighted by atomic mass is 32.2. The number of aliphatic hydroxyl groups is 1. The largest absolute Gasteiger partial charge is 0.369 e. The van der Waals surface area contributed by atoms with Crippen molar-refractivity contribution >= 4 is 11.8 Å². The molecule has 5 unspecified atom stereocenters. The minimum atomic E-state index is -0.718. The molecule has 0 aromatic rings. The highest BCUT2D eigenvalue weighted by molar-refractivity contribution is 7.99. The van der Waals surface area contributed by atoms with E-state index in [1.54, 1.807) is 11.8 Å². The van der Waals surface area contributed by atoms with Crippen LogP contribution >= 0.6 is 11.8 Å². The van der Waals surface area contributed by atoms with Gasteiger partial charge in [-0.15, -0.1) is 0 Å². The fourth-order valence-electron chi connectivity index (χ4n) is 3.98. The van der Waals surface area contributed by atoms with E-state index < -0.39 is 6.29 Å². The zero-order chi connectivity index (χ0) is 17.9. The van der Waals surface area contributed by atoms with Crippen molar-refractivity contribution in [1.29, 1.82) is 0 Å². The summed E-state index contributed by atoms with van der Waals surface area (Å²) in [7, 11) is 0. The number of hydrogen-bond donors (Lipinski definition) is 1. The van der Waals surface area contributed by atoms with Gasteiger partial charge in [-0.1, -0.05) is 30.4 Å². The second-order valence-corrected chi connectivity index (χ2v) is 9.38. The predicted octanol–water partition coefficient (Wildman–Crippen LogP) is 4.48. The maximum atomic E-state index is 10.1. The van der Waals surface area contributed by atoms with Crippen LogP contribution in [0.4, 0.5) is 0 Å². The third-order valence-electron chi connectivity index (χ3n) is 5.07. The van der Waals surface area contributed by atoms with E-state index in [1.165, 1.54) is 5.57 Å². The Morgan fingerprint density at radius 3 is 2.88 bits per heavy atom. The smallest absolute Gasteiger partial charge is 0.164 e. The Hall–Kier alpha value is -0.550. The molecule has 1 heterocycles. The van der Waals surface area contributed by atoms with Gasteiger partial charge in [-0.05, 0) is 63.9 Å². The maximum absolute atomic E-state index is 10.1. The molecule has 1 N–H and O–H groups in total. The van der Waals surface area contributed by atoms with Crippen molar-refractivity contribution in [3.05, 3.63) is 36.0 Å². The molecule has 3 nitrogen and oxygen atoms in total. The summed E-state index contributed by atoms with van der Waals surface area (Å²) >= 11 is 1.75. The number of aliphatic hydroxyl groups excluding tert-OH is 1. The molecule has 0 spiro atoms. The molecule has 140 valence electrons. The summed E-state index contributed by atoms with van der Waals surface area (Å²) in [6.07, 6.45) is 15.8. The number of hydrogen-bond acceptors (Lipinski definition) is 4. The lowest BCUT2D eigenvalue weighted by Crippen LogP contribution is -2.35. The van der Waals surface area contributed by atoms with E-state index in [0.717, 1.165) is 31.4 Å². The summed E-state index contributed by atoms with van der Waals surface area (Å²) in [5, 5.41) is 10.1. The van der Waals surface area contributed by atoms with Crippen LogP contribution in [-0.4, -0.2) is 40.7 Å². The van der Waals surface area contributed by atoms with Crippen LogP contribution in [-0.2, 0) is 9.47 Å². The van der Waals surface area contributed by atoms with Crippen molar-refractivity contribution in [2.24, 2.45) is 11.8 Å². The van der Waals surface area contributed by atoms with Crippen molar-refractivity contribution in [3.63, 3.8) is 0 Å². The Labute approximate surface area is 156 Å². The van der Waals surface area contributed by atoms with Gasteiger partial charge in [0.05, 0.1) is 17.8 Å². The summed E-state index contributed by atoms with van der Waals surface area (Å²) in [4.78, 5) is 0. The molecule has 0 aromatic heterocycles. The lowest BCUT2D eigenvalue weighted by molar-refractivity contribution is -0.151. The summed E-state index contributed by atoms with van der Waals surface area (Å²) in [6, 6.07) is 0. The fraction of sp³-hybridized carbons (Fsp3) is 0.714. The van der Waals surface area contributed by atoms with E-state index in [1.807, 2.05) is 20.8 Å². The summed E-state index contributed by atoms with van der Waals surface area (Å²) in [5.41, 5.74) is 1.06. The normalized spacial score (nSPS) is 33.2. The second kappa shape index (κ2) is 8.43. The summed E-state index contributed by atoms with van der Waals surface area (Å²) < 4.78 is 12.2. The first-order chi connectivity index (χ1) is 11.9. The van der Waals surface area contributed by atoms with Gasteiger partial charge in [0, 0.05) is 11.5 Å². The lowest BCUT2D eigenvalue weighted by atomic mass is 9.79. The van der Waals surface area contributed by atoms with Crippen LogP contribution in [0.15, 0.2) is 36.0 Å². The molecule has 0 amide bonds. The molecule has 0 fully saturated rings. The van der Waals surface area contributed by atoms with Crippen molar-refractivity contribution in [1.82, 2.24) is 0 Å². The van der Waals surface area contributed by atoms with Gasteiger partial charge in [-0.3, -0.25) is 0 Å². The van der Waals surface area contributed by atoms with Crippen LogP contribution in [0.1, 0.15) is 46.5 Å². The highest BCUT2D eigenvalue weighted by Gasteiger charge is 2.35. The molecule has 0 saturated carbocycles. The molecule has 4 heteroatoms. The first-order valence-corrected chi connectivity index (χ1v) is 10.7. The molecule has 0 radical (unpaired) electrons. The third-order valence-corrected chi connectivity index (χ3v) is 6.15. The second-order valence-electron chi connectivity index (χ2n) is 8.30. The van der Waals surface area contributed by atoms with Crippen molar-refractivity contribution < 1.29 is 14.6 Å². The Balaban J connectivity index is 1.60. The van der Waals surface area contributed by atoms with E-state index >= 15 is 0 Å². The van der Waals surface area contributed by atoms with Gasteiger partial charge in [0.1, 0.15) is 0 Å². The van der Waals surface area contributed by atoms with E-state index in [9.17, 15) is 5.11 Å². The molecular weight excluding hydrogens is 332 g/mol. The minimum Gasteiger partial charge on any atom is -0.369 e. The third kappa shape index (κ3) is 5.46. The highest BCUT2D eigenvalue weighted by Crippen LogP contribution is 2.39. The molecule has 0 aromatic carbocycles. The quantitative estimate of drug-likeness (QED) is 0.577. The first kappa shape index (κ1) is 19.2.